The molecule has 5 amide bonds. The van der Waals surface area contributed by atoms with Crippen molar-refractivity contribution in [2.75, 3.05) is 20.1 Å². The number of carboxylic acids is 1. The van der Waals surface area contributed by atoms with E-state index in [0.29, 0.717) is 36.3 Å². The van der Waals surface area contributed by atoms with Crippen molar-refractivity contribution in [2.24, 2.45) is 11.8 Å². The fourth-order valence-corrected chi connectivity index (χ4v) is 7.80. The van der Waals surface area contributed by atoms with Gasteiger partial charge in [-0.05, 0) is 104 Å². The Morgan fingerprint density at radius 3 is 2.03 bits per heavy atom. The number of carboxylic acid groups (broad SMARTS) is 1. The summed E-state index contributed by atoms with van der Waals surface area (Å²) in [5.74, 6) is -1.78. The summed E-state index contributed by atoms with van der Waals surface area (Å²) < 4.78 is 5.31. The Labute approximate surface area is 429 Å². The number of aldehydes is 1. The number of benzene rings is 1. The highest BCUT2D eigenvalue weighted by molar-refractivity contribution is 5.90. The van der Waals surface area contributed by atoms with Crippen molar-refractivity contribution in [2.45, 2.75) is 174 Å². The van der Waals surface area contributed by atoms with E-state index in [2.05, 4.69) is 77.1 Å². The van der Waals surface area contributed by atoms with Gasteiger partial charge in [0.2, 0.25) is 24.1 Å². The molecule has 5 atom stereocenters. The second-order valence-corrected chi connectivity index (χ2v) is 19.5. The molecule has 72 heavy (non-hydrogen) atoms. The van der Waals surface area contributed by atoms with Crippen molar-refractivity contribution in [3.63, 3.8) is 0 Å². The van der Waals surface area contributed by atoms with E-state index in [1.165, 1.54) is 63.4 Å². The fraction of sp³-hybridized carbons (Fsp3) is 0.571. The van der Waals surface area contributed by atoms with Gasteiger partial charge in [-0.3, -0.25) is 24.0 Å². The summed E-state index contributed by atoms with van der Waals surface area (Å²) in [7, 11) is 1.82. The molecule has 0 saturated heterocycles. The van der Waals surface area contributed by atoms with Crippen molar-refractivity contribution in [1.29, 1.82) is 0 Å². The number of allylic oxidation sites excluding steroid dienone is 7. The number of amides is 5. The van der Waals surface area contributed by atoms with Gasteiger partial charge in [0.25, 0.3) is 0 Å². The summed E-state index contributed by atoms with van der Waals surface area (Å²) in [6.45, 7) is 18.5. The summed E-state index contributed by atoms with van der Waals surface area (Å²) in [5.41, 5.74) is 2.55. The molecule has 1 aromatic carbocycles. The normalized spacial score (nSPS) is 21.1. The van der Waals surface area contributed by atoms with E-state index >= 15 is 0 Å². The molecule has 0 radical (unpaired) electrons. The Balaban J connectivity index is 0.000000651. The van der Waals surface area contributed by atoms with Crippen molar-refractivity contribution in [3.05, 3.63) is 96.2 Å². The van der Waals surface area contributed by atoms with E-state index in [4.69, 9.17) is 9.84 Å². The molecule has 4 rings (SSSR count). The second kappa shape index (κ2) is 36.7. The predicted octanol–water partition coefficient (Wildman–Crippen LogP) is 8.21. The zero-order chi connectivity index (χ0) is 53.9. The summed E-state index contributed by atoms with van der Waals surface area (Å²) >= 11 is 0. The van der Waals surface area contributed by atoms with E-state index in [1.54, 1.807) is 64.1 Å². The maximum atomic E-state index is 13.0. The first kappa shape index (κ1) is 63.9. The summed E-state index contributed by atoms with van der Waals surface area (Å²) in [6.07, 6.45) is 28.1. The summed E-state index contributed by atoms with van der Waals surface area (Å²) in [6, 6.07) is 5.59. The monoisotopic (exact) mass is 1000 g/mol. The van der Waals surface area contributed by atoms with Crippen LogP contribution in [0.1, 0.15) is 156 Å². The molecule has 3 aliphatic rings. The number of carbonyl (C=O) groups excluding carboxylic acids is 7. The predicted molar refractivity (Wildman–Crippen MR) is 284 cm³/mol. The first-order valence-corrected chi connectivity index (χ1v) is 25.5. The quantitative estimate of drug-likeness (QED) is 0.0693. The van der Waals surface area contributed by atoms with Crippen LogP contribution in [0, 0.1) is 11.8 Å². The van der Waals surface area contributed by atoms with E-state index < -0.39 is 53.5 Å². The van der Waals surface area contributed by atoms with Crippen LogP contribution >= 0.6 is 0 Å². The number of likely N-dealkylation sites (N-methyl/N-ethyl adjacent to an activating group) is 1. The molecule has 5 unspecified atom stereocenters. The molecule has 2 fully saturated rings. The zero-order valence-electron chi connectivity index (χ0n) is 44.2. The number of Topliss-reactive ketones (excluding diaryl/α,β-unsaturated/α-hetero) is 1. The number of alkyl carbamates (subject to hydrolysis) is 1. The van der Waals surface area contributed by atoms with Gasteiger partial charge in [0, 0.05) is 6.42 Å². The number of hydrogen-bond acceptors (Lipinski definition) is 10. The third-order valence-corrected chi connectivity index (χ3v) is 12.0. The third kappa shape index (κ3) is 29.9. The minimum atomic E-state index is -1.16. The molecular weight excluding hydrogens is 917 g/mol. The molecule has 2 saturated carbocycles. The Kier molecular flexibility index (Phi) is 32.6. The van der Waals surface area contributed by atoms with Gasteiger partial charge in [-0.1, -0.05) is 149 Å². The standard InChI is InChI=1S/C32H47N3O5.C11H12N2O4.C7H15NO.C6H12/c1-22-11-8-7-9-12-25(18-24(3)26-13-10-14-26)19-27(21-36)34-29(37)20-33-30(38)28(17-23(2)16-15-22)35-31(39)40-32(4,5)6;14-7-12-6-9(15)13-10(11(16)17)8-4-2-1-3-5-8;1-4-5-7(8-3)6(2)9;1-2-4-6-5-3-1/h7-8,15-16,18,21,25-28H,1-2,9-14,17,19-20H2,3-6H3,(H,33,38)(H,34,37)(H,35,39);1-5,7,10H,6H2,(H,12,14)(H,13,15)(H,16,17);7-8H,4-5H2,1-3H3;1-6H2/b8-7-,16-15-,24-18?;;;. The lowest BCUT2D eigenvalue weighted by molar-refractivity contribution is -0.142. The van der Waals surface area contributed by atoms with Crippen LogP contribution in [0.25, 0.3) is 0 Å². The van der Waals surface area contributed by atoms with Gasteiger partial charge in [-0.25, -0.2) is 9.59 Å². The maximum Gasteiger partial charge on any atom is 0.408 e. The van der Waals surface area contributed by atoms with Crippen LogP contribution in [0.2, 0.25) is 0 Å². The molecule has 0 spiro atoms. The van der Waals surface area contributed by atoms with Gasteiger partial charge in [0.1, 0.15) is 23.7 Å². The van der Waals surface area contributed by atoms with Crippen molar-refractivity contribution < 1.29 is 48.2 Å². The smallest absolute Gasteiger partial charge is 0.408 e. The zero-order valence-corrected chi connectivity index (χ0v) is 44.2. The molecule has 7 N–H and O–H groups in total. The highest BCUT2D eigenvalue weighted by Crippen LogP contribution is 2.34. The van der Waals surface area contributed by atoms with E-state index in [-0.39, 0.29) is 37.3 Å². The molecule has 2 aliphatic carbocycles. The second-order valence-electron chi connectivity index (χ2n) is 19.5. The van der Waals surface area contributed by atoms with Crippen LogP contribution < -0.4 is 31.9 Å². The third-order valence-electron chi connectivity index (χ3n) is 12.0. The average molecular weight is 1000 g/mol. The average Bonchev–Trinajstić information content (AvgIpc) is 3.32. The minimum absolute atomic E-state index is 0.0787. The largest absolute Gasteiger partial charge is 0.479 e. The lowest BCUT2D eigenvalue weighted by Crippen LogP contribution is -2.51. The Morgan fingerprint density at radius 2 is 1.53 bits per heavy atom. The van der Waals surface area contributed by atoms with Crippen LogP contribution in [0.3, 0.4) is 0 Å². The Hall–Kier alpha value is -6.16. The fourth-order valence-electron chi connectivity index (χ4n) is 7.80. The van der Waals surface area contributed by atoms with Crippen LogP contribution in [0.15, 0.2) is 90.6 Å². The van der Waals surface area contributed by atoms with E-state index in [1.807, 2.05) is 13.1 Å². The molecule has 400 valence electrons. The molecule has 1 aliphatic heterocycles. The van der Waals surface area contributed by atoms with Crippen LogP contribution in [0.4, 0.5) is 4.79 Å². The first-order chi connectivity index (χ1) is 34.2. The summed E-state index contributed by atoms with van der Waals surface area (Å²) in [5, 5.41) is 24.3. The molecule has 16 nitrogen and oxygen atoms in total. The van der Waals surface area contributed by atoms with Crippen molar-refractivity contribution in [1.82, 2.24) is 31.9 Å². The maximum absolute atomic E-state index is 13.0. The van der Waals surface area contributed by atoms with Crippen LogP contribution in [0.5, 0.6) is 0 Å². The molecule has 1 aromatic rings. The number of ketones is 1. The molecule has 16 heteroatoms. The van der Waals surface area contributed by atoms with Gasteiger partial charge in [-0.15, -0.1) is 0 Å². The lowest BCUT2D eigenvalue weighted by atomic mass is 9.78. The van der Waals surface area contributed by atoms with Gasteiger partial charge in [-0.2, -0.15) is 0 Å². The number of hydrogen-bond donors (Lipinski definition) is 7. The van der Waals surface area contributed by atoms with E-state index in [0.717, 1.165) is 37.5 Å². The van der Waals surface area contributed by atoms with Gasteiger partial charge in [0.15, 0.2) is 6.04 Å². The Morgan fingerprint density at radius 1 is 0.903 bits per heavy atom. The lowest BCUT2D eigenvalue weighted by Gasteiger charge is -2.28. The minimum Gasteiger partial charge on any atom is -0.479 e. The molecule has 0 bridgehead atoms. The number of ether oxygens (including phenoxy) is 1. The van der Waals surface area contributed by atoms with E-state index in [9.17, 15) is 38.4 Å². The van der Waals surface area contributed by atoms with Crippen LogP contribution in [-0.4, -0.2) is 97.2 Å². The van der Waals surface area contributed by atoms with Crippen LogP contribution in [-0.2, 0) is 38.3 Å². The molecular formula is C56H86N6O10. The topological polar surface area (TPSA) is 238 Å². The number of nitrogens with one attached hydrogen (secondary N) is 6. The van der Waals surface area contributed by atoms with Crippen molar-refractivity contribution >= 4 is 48.3 Å². The highest BCUT2D eigenvalue weighted by atomic mass is 16.6. The molecule has 0 aromatic heterocycles. The number of carbonyl (C=O) groups is 8. The highest BCUT2D eigenvalue weighted by Gasteiger charge is 2.27. The molecule has 1 heterocycles. The Bertz CT molecular complexity index is 1950. The number of rotatable bonds is 14. The van der Waals surface area contributed by atoms with Gasteiger partial charge in [0.05, 0.1) is 25.2 Å². The number of aliphatic carboxylic acids is 1. The summed E-state index contributed by atoms with van der Waals surface area (Å²) in [4.78, 5) is 93.0. The SMILES string of the molecule is C1CCCCC1.C=C1/C=C\C(=C)CC(NC(=O)OC(C)(C)C)C(=O)NCC(=O)NC(C=O)CC(C=C(C)C2CCC2)CC/C=C\C1.CCCC(NC)C(C)=O.O=CNCC(=O)NC(C(=O)O)c1ccccc1. The van der Waals surface area contributed by atoms with Gasteiger partial charge >= 0.3 is 12.1 Å². The van der Waals surface area contributed by atoms with Gasteiger partial charge < -0.3 is 46.5 Å². The van der Waals surface area contributed by atoms with Crippen molar-refractivity contribution in [3.8, 4) is 0 Å². The first-order valence-electron chi connectivity index (χ1n) is 25.5.